The van der Waals surface area contributed by atoms with Gasteiger partial charge in [-0.2, -0.15) is 0 Å². The monoisotopic (exact) mass is 342 g/mol. The molecule has 1 atom stereocenters. The van der Waals surface area contributed by atoms with Crippen molar-refractivity contribution >= 4 is 17.6 Å². The van der Waals surface area contributed by atoms with Gasteiger partial charge in [-0.15, -0.1) is 0 Å². The molecular weight excluding hydrogens is 318 g/mol. The molecule has 6 nitrogen and oxygen atoms in total. The average Bonchev–Trinajstić information content (AvgIpc) is 3.34. The van der Waals surface area contributed by atoms with Gasteiger partial charge in [0.05, 0.1) is 13.2 Å². The first-order chi connectivity index (χ1) is 12.0. The van der Waals surface area contributed by atoms with Crippen LogP contribution in [-0.4, -0.2) is 49.2 Å². The van der Waals surface area contributed by atoms with Gasteiger partial charge >= 0.3 is 6.03 Å². The van der Waals surface area contributed by atoms with Crippen LogP contribution < -0.4 is 10.6 Å². The van der Waals surface area contributed by atoms with E-state index in [9.17, 15) is 9.59 Å². The molecule has 6 heteroatoms. The molecule has 0 bridgehead atoms. The van der Waals surface area contributed by atoms with Crippen LogP contribution in [0, 0.1) is 6.42 Å². The molecule has 3 fully saturated rings. The zero-order chi connectivity index (χ0) is 17.7. The lowest BCUT2D eigenvalue weighted by Crippen LogP contribution is -2.59. The predicted molar refractivity (Wildman–Crippen MR) is 94.1 cm³/mol. The lowest BCUT2D eigenvalue weighted by Gasteiger charge is -2.37. The van der Waals surface area contributed by atoms with Gasteiger partial charge in [-0.1, -0.05) is 12.1 Å². The molecule has 0 spiro atoms. The summed E-state index contributed by atoms with van der Waals surface area (Å²) in [5.74, 6) is -0.448. The summed E-state index contributed by atoms with van der Waals surface area (Å²) in [6.07, 6.45) is 5.85. The normalized spacial score (nSPS) is 27.3. The highest BCUT2D eigenvalue weighted by Crippen LogP contribution is 2.48. The SMILES string of the molecule is COCC1(c2ccc(N3C[C@@]4(C(N)=O)[CH]CCCN4C3=O)cc2)CC1. The van der Waals surface area contributed by atoms with E-state index in [1.54, 1.807) is 16.9 Å². The van der Waals surface area contributed by atoms with Crippen molar-refractivity contribution in [3.8, 4) is 0 Å². The Hall–Kier alpha value is -2.08. The largest absolute Gasteiger partial charge is 0.384 e. The van der Waals surface area contributed by atoms with Gasteiger partial charge < -0.3 is 15.4 Å². The second kappa shape index (κ2) is 5.73. The lowest BCUT2D eigenvalue weighted by atomic mass is 9.87. The van der Waals surface area contributed by atoms with Crippen LogP contribution in [0.4, 0.5) is 10.5 Å². The number of anilines is 1. The minimum atomic E-state index is -0.970. The molecule has 1 aliphatic carbocycles. The van der Waals surface area contributed by atoms with Crippen molar-refractivity contribution in [2.45, 2.75) is 36.6 Å². The average molecular weight is 342 g/mol. The molecule has 133 valence electrons. The maximum atomic E-state index is 12.9. The highest BCUT2D eigenvalue weighted by atomic mass is 16.5. The third-order valence-electron chi connectivity index (χ3n) is 5.90. The Morgan fingerprint density at radius 1 is 1.28 bits per heavy atom. The van der Waals surface area contributed by atoms with Gasteiger partial charge in [-0.3, -0.25) is 9.69 Å². The quantitative estimate of drug-likeness (QED) is 0.887. The lowest BCUT2D eigenvalue weighted by molar-refractivity contribution is -0.126. The zero-order valence-electron chi connectivity index (χ0n) is 14.5. The summed E-state index contributed by atoms with van der Waals surface area (Å²) in [7, 11) is 1.73. The maximum Gasteiger partial charge on any atom is 0.325 e. The molecule has 3 aliphatic rings. The first kappa shape index (κ1) is 16.4. The Balaban J connectivity index is 1.60. The fourth-order valence-electron chi connectivity index (χ4n) is 4.22. The third-order valence-corrected chi connectivity index (χ3v) is 5.90. The van der Waals surface area contributed by atoms with Crippen molar-refractivity contribution in [2.24, 2.45) is 5.73 Å². The van der Waals surface area contributed by atoms with Crippen molar-refractivity contribution < 1.29 is 14.3 Å². The van der Waals surface area contributed by atoms with E-state index in [-0.39, 0.29) is 11.4 Å². The molecule has 1 aromatic rings. The van der Waals surface area contributed by atoms with E-state index in [1.165, 1.54) is 5.56 Å². The highest BCUT2D eigenvalue weighted by molar-refractivity contribution is 6.03. The number of primary amides is 1. The van der Waals surface area contributed by atoms with Crippen LogP contribution in [0.15, 0.2) is 24.3 Å². The molecular formula is C19H24N3O3. The number of rotatable bonds is 5. The summed E-state index contributed by atoms with van der Waals surface area (Å²) in [6, 6.07) is 7.95. The van der Waals surface area contributed by atoms with Gasteiger partial charge in [0.15, 0.2) is 0 Å². The molecule has 0 unspecified atom stereocenters. The van der Waals surface area contributed by atoms with E-state index >= 15 is 0 Å². The second-order valence-electron chi connectivity index (χ2n) is 7.42. The molecule has 1 radical (unpaired) electrons. The number of piperidine rings is 1. The van der Waals surface area contributed by atoms with E-state index < -0.39 is 11.4 Å². The van der Waals surface area contributed by atoms with Crippen molar-refractivity contribution in [1.29, 1.82) is 0 Å². The molecule has 1 saturated carbocycles. The van der Waals surface area contributed by atoms with Crippen LogP contribution in [0.2, 0.25) is 0 Å². The van der Waals surface area contributed by atoms with E-state index in [2.05, 4.69) is 12.1 Å². The van der Waals surface area contributed by atoms with Crippen LogP contribution in [0.1, 0.15) is 31.2 Å². The number of hydrogen-bond donors (Lipinski definition) is 1. The van der Waals surface area contributed by atoms with Gasteiger partial charge in [0.25, 0.3) is 0 Å². The number of nitrogens with two attached hydrogens (primary N) is 1. The van der Waals surface area contributed by atoms with Crippen LogP contribution in [-0.2, 0) is 14.9 Å². The standard InChI is InChI=1S/C19H24N3O3/c1-25-13-18(9-10-18)14-4-6-15(7-5-14)21-12-19(16(20)23)8-2-3-11-22(19)17(21)24/h4-8H,2-3,9-13H2,1H3,(H2,20,23)/t19-/m1/s1. The number of benzene rings is 1. The van der Waals surface area contributed by atoms with E-state index in [0.717, 1.165) is 38.0 Å². The number of carbonyl (C=O) groups is 2. The molecule has 25 heavy (non-hydrogen) atoms. The van der Waals surface area contributed by atoms with Gasteiger partial charge in [0.1, 0.15) is 5.54 Å². The maximum absolute atomic E-state index is 12.9. The van der Waals surface area contributed by atoms with Crippen LogP contribution >= 0.6 is 0 Å². The second-order valence-corrected chi connectivity index (χ2v) is 7.42. The third kappa shape index (κ3) is 2.42. The molecule has 2 aliphatic heterocycles. The van der Waals surface area contributed by atoms with Crippen molar-refractivity contribution in [3.05, 3.63) is 36.2 Å². The molecule has 2 heterocycles. The smallest absolute Gasteiger partial charge is 0.325 e. The fourth-order valence-corrected chi connectivity index (χ4v) is 4.22. The van der Waals surface area contributed by atoms with E-state index in [0.29, 0.717) is 13.1 Å². The summed E-state index contributed by atoms with van der Waals surface area (Å²) < 4.78 is 5.35. The molecule has 2 saturated heterocycles. The minimum Gasteiger partial charge on any atom is -0.384 e. The first-order valence-corrected chi connectivity index (χ1v) is 8.85. The fraction of sp³-hybridized carbons (Fsp3) is 0.526. The number of hydrogen-bond acceptors (Lipinski definition) is 3. The molecule has 2 N–H and O–H groups in total. The summed E-state index contributed by atoms with van der Waals surface area (Å²) >= 11 is 0. The van der Waals surface area contributed by atoms with Gasteiger partial charge in [-0.25, -0.2) is 4.79 Å². The molecule has 1 aromatic carbocycles. The molecule has 0 aromatic heterocycles. The summed E-state index contributed by atoms with van der Waals surface area (Å²) in [6.45, 7) is 1.59. The van der Waals surface area contributed by atoms with Crippen molar-refractivity contribution in [1.82, 2.24) is 4.90 Å². The van der Waals surface area contributed by atoms with E-state index in [1.807, 2.05) is 18.6 Å². The summed E-state index contributed by atoms with van der Waals surface area (Å²) in [5.41, 5.74) is 6.89. The topological polar surface area (TPSA) is 75.9 Å². The molecule has 4 rings (SSSR count). The molecule has 3 amide bonds. The Labute approximate surface area is 147 Å². The predicted octanol–water partition coefficient (Wildman–Crippen LogP) is 1.83. The van der Waals surface area contributed by atoms with Crippen molar-refractivity contribution in [2.75, 3.05) is 31.7 Å². The minimum absolute atomic E-state index is 0.138. The van der Waals surface area contributed by atoms with Gasteiger partial charge in [0.2, 0.25) is 5.91 Å². The Morgan fingerprint density at radius 2 is 2.00 bits per heavy atom. The Bertz CT molecular complexity index is 698. The zero-order valence-corrected chi connectivity index (χ0v) is 14.5. The number of amides is 3. The number of methoxy groups -OCH3 is 1. The number of nitrogens with zero attached hydrogens (tertiary/aromatic N) is 2. The van der Waals surface area contributed by atoms with Gasteiger partial charge in [0, 0.05) is 24.8 Å². The first-order valence-electron chi connectivity index (χ1n) is 8.85. The highest BCUT2D eigenvalue weighted by Gasteiger charge is 2.55. The summed E-state index contributed by atoms with van der Waals surface area (Å²) in [5, 5.41) is 0. The summed E-state index contributed by atoms with van der Waals surface area (Å²) in [4.78, 5) is 28.3. The number of carbonyl (C=O) groups excluding carboxylic acids is 2. The van der Waals surface area contributed by atoms with Crippen LogP contribution in [0.5, 0.6) is 0 Å². The number of urea groups is 1. The van der Waals surface area contributed by atoms with Crippen LogP contribution in [0.3, 0.4) is 0 Å². The van der Waals surface area contributed by atoms with Gasteiger partial charge in [-0.05, 0) is 49.8 Å². The van der Waals surface area contributed by atoms with Crippen molar-refractivity contribution in [3.63, 3.8) is 0 Å². The van der Waals surface area contributed by atoms with Crippen LogP contribution in [0.25, 0.3) is 0 Å². The van der Waals surface area contributed by atoms with E-state index in [4.69, 9.17) is 10.5 Å². The Morgan fingerprint density at radius 3 is 2.56 bits per heavy atom. The number of fused-ring (bicyclic) bond motifs is 1. The number of ether oxygens (including phenoxy) is 1. The Kier molecular flexibility index (Phi) is 3.76.